The minimum atomic E-state index is 0.0257. The molecular formula is C25H29ClN4O. The lowest BCUT2D eigenvalue weighted by molar-refractivity contribution is 0.0826. The first kappa shape index (κ1) is 20.7. The fraction of sp³-hybridized carbons (Fsp3) is 0.440. The Kier molecular flexibility index (Phi) is 5.59. The van der Waals surface area contributed by atoms with Crippen molar-refractivity contribution in [1.82, 2.24) is 19.8 Å². The van der Waals surface area contributed by atoms with Crippen LogP contribution in [0.15, 0.2) is 42.5 Å². The first-order chi connectivity index (χ1) is 15.0. The summed E-state index contributed by atoms with van der Waals surface area (Å²) >= 11 is 6.14. The van der Waals surface area contributed by atoms with Crippen LogP contribution in [0.2, 0.25) is 5.02 Å². The standard InChI is InChI=1S/C25H29ClN4O/c1-16(30-17(2)28-22-14-20(26)9-10-23(22)30)18-5-7-19(8-6-18)25(31)24-4-3-13-29(24)21-11-12-27-15-21/h5-10,14,16,21,24,27H,3-4,11-13,15H2,1-2H3. The zero-order valence-corrected chi connectivity index (χ0v) is 18.9. The molecule has 0 aliphatic carbocycles. The number of fused-ring (bicyclic) bond motifs is 1. The monoisotopic (exact) mass is 436 g/mol. The van der Waals surface area contributed by atoms with Crippen LogP contribution in [0.5, 0.6) is 0 Å². The lowest BCUT2D eigenvalue weighted by atomic mass is 9.98. The van der Waals surface area contributed by atoms with E-state index in [1.807, 2.05) is 37.3 Å². The number of nitrogens with zero attached hydrogens (tertiary/aromatic N) is 3. The average Bonchev–Trinajstić information content (AvgIpc) is 3.51. The summed E-state index contributed by atoms with van der Waals surface area (Å²) in [6, 6.07) is 14.7. The molecule has 3 atom stereocenters. The van der Waals surface area contributed by atoms with Crippen molar-refractivity contribution < 1.29 is 4.79 Å². The molecule has 3 heterocycles. The molecule has 3 aromatic rings. The second kappa shape index (κ2) is 8.38. The van der Waals surface area contributed by atoms with Gasteiger partial charge in [0.1, 0.15) is 5.82 Å². The third-order valence-electron chi connectivity index (χ3n) is 6.99. The molecule has 0 amide bonds. The minimum absolute atomic E-state index is 0.0257. The number of ketones is 1. The van der Waals surface area contributed by atoms with Gasteiger partial charge in [-0.2, -0.15) is 0 Å². The van der Waals surface area contributed by atoms with Crippen molar-refractivity contribution >= 4 is 28.4 Å². The van der Waals surface area contributed by atoms with Crippen LogP contribution in [0, 0.1) is 6.92 Å². The Bertz CT molecular complexity index is 1100. The minimum Gasteiger partial charge on any atom is -0.321 e. The molecule has 0 bridgehead atoms. The summed E-state index contributed by atoms with van der Waals surface area (Å²) in [5, 5.41) is 4.13. The first-order valence-corrected chi connectivity index (χ1v) is 11.7. The van der Waals surface area contributed by atoms with Gasteiger partial charge in [0.05, 0.1) is 23.1 Å². The highest BCUT2D eigenvalue weighted by molar-refractivity contribution is 6.31. The molecular weight excluding hydrogens is 408 g/mol. The summed E-state index contributed by atoms with van der Waals surface area (Å²) in [6.07, 6.45) is 3.22. The van der Waals surface area contributed by atoms with Crippen LogP contribution in [0.4, 0.5) is 0 Å². The summed E-state index contributed by atoms with van der Waals surface area (Å²) in [4.78, 5) is 20.4. The van der Waals surface area contributed by atoms with Gasteiger partial charge < -0.3 is 9.88 Å². The van der Waals surface area contributed by atoms with Crippen molar-refractivity contribution in [2.45, 2.75) is 51.2 Å². The predicted octanol–water partition coefficient (Wildman–Crippen LogP) is 4.62. The van der Waals surface area contributed by atoms with Gasteiger partial charge >= 0.3 is 0 Å². The molecule has 0 spiro atoms. The number of likely N-dealkylation sites (tertiary alicyclic amines) is 1. The molecule has 162 valence electrons. The van der Waals surface area contributed by atoms with Crippen molar-refractivity contribution in [3.63, 3.8) is 0 Å². The molecule has 0 radical (unpaired) electrons. The molecule has 2 saturated heterocycles. The SMILES string of the molecule is Cc1nc2cc(Cl)ccc2n1C(C)c1ccc(C(=O)C2CCCN2C2CCNC2)cc1. The number of aryl methyl sites for hydroxylation is 1. The Morgan fingerprint density at radius 3 is 2.74 bits per heavy atom. The predicted molar refractivity (Wildman–Crippen MR) is 125 cm³/mol. The second-order valence-electron chi connectivity index (χ2n) is 8.87. The highest BCUT2D eigenvalue weighted by Crippen LogP contribution is 2.29. The maximum absolute atomic E-state index is 13.3. The number of Topliss-reactive ketones (excluding diaryl/α,β-unsaturated/α-hetero) is 1. The van der Waals surface area contributed by atoms with Crippen molar-refractivity contribution in [2.75, 3.05) is 19.6 Å². The van der Waals surface area contributed by atoms with Crippen LogP contribution in [0.1, 0.15) is 54.0 Å². The van der Waals surface area contributed by atoms with E-state index in [0.29, 0.717) is 11.1 Å². The smallest absolute Gasteiger partial charge is 0.179 e. The Hall–Kier alpha value is -2.21. The van der Waals surface area contributed by atoms with Crippen LogP contribution < -0.4 is 5.32 Å². The lowest BCUT2D eigenvalue weighted by Crippen LogP contribution is -2.44. The van der Waals surface area contributed by atoms with E-state index in [2.05, 4.69) is 38.8 Å². The van der Waals surface area contributed by atoms with Gasteiger partial charge in [-0.3, -0.25) is 9.69 Å². The molecule has 0 saturated carbocycles. The van der Waals surface area contributed by atoms with E-state index in [1.54, 1.807) is 0 Å². The lowest BCUT2D eigenvalue weighted by Gasteiger charge is -2.29. The zero-order chi connectivity index (χ0) is 21.5. The van der Waals surface area contributed by atoms with Gasteiger partial charge in [-0.05, 0) is 70.0 Å². The van der Waals surface area contributed by atoms with Crippen LogP contribution in [-0.4, -0.2) is 52.0 Å². The van der Waals surface area contributed by atoms with Gasteiger partial charge in [-0.15, -0.1) is 0 Å². The van der Waals surface area contributed by atoms with Crippen molar-refractivity contribution in [3.05, 3.63) is 64.4 Å². The summed E-state index contributed by atoms with van der Waals surface area (Å²) in [7, 11) is 0. The van der Waals surface area contributed by atoms with Crippen LogP contribution in [-0.2, 0) is 0 Å². The molecule has 5 nitrogen and oxygen atoms in total. The van der Waals surface area contributed by atoms with Gasteiger partial charge in [-0.25, -0.2) is 4.98 Å². The molecule has 2 aliphatic heterocycles. The number of carbonyl (C=O) groups excluding carboxylic acids is 1. The number of carbonyl (C=O) groups is 1. The van der Waals surface area contributed by atoms with Gasteiger partial charge in [0, 0.05) is 23.2 Å². The molecule has 5 rings (SSSR count). The molecule has 6 heteroatoms. The molecule has 31 heavy (non-hydrogen) atoms. The Balaban J connectivity index is 1.37. The third kappa shape index (κ3) is 3.79. The number of hydrogen-bond acceptors (Lipinski definition) is 4. The summed E-state index contributed by atoms with van der Waals surface area (Å²) < 4.78 is 2.23. The zero-order valence-electron chi connectivity index (χ0n) is 18.1. The number of imidazole rings is 1. The summed E-state index contributed by atoms with van der Waals surface area (Å²) in [5.74, 6) is 1.22. The van der Waals surface area contributed by atoms with Crippen LogP contribution in [0.3, 0.4) is 0 Å². The molecule has 2 aromatic carbocycles. The number of halogens is 1. The highest BCUT2D eigenvalue weighted by Gasteiger charge is 2.36. The Labute approximate surface area is 188 Å². The summed E-state index contributed by atoms with van der Waals surface area (Å²) in [6.45, 7) is 7.29. The van der Waals surface area contributed by atoms with Crippen molar-refractivity contribution in [3.8, 4) is 0 Å². The normalized spacial score (nSPS) is 22.9. The average molecular weight is 437 g/mol. The Morgan fingerprint density at radius 1 is 1.19 bits per heavy atom. The van der Waals surface area contributed by atoms with Crippen LogP contribution in [0.25, 0.3) is 11.0 Å². The summed E-state index contributed by atoms with van der Waals surface area (Å²) in [5.41, 5.74) is 3.96. The third-order valence-corrected chi connectivity index (χ3v) is 7.23. The fourth-order valence-corrected chi connectivity index (χ4v) is 5.55. The number of benzene rings is 2. The first-order valence-electron chi connectivity index (χ1n) is 11.3. The van der Waals surface area contributed by atoms with Crippen molar-refractivity contribution in [1.29, 1.82) is 0 Å². The van der Waals surface area contributed by atoms with E-state index in [1.165, 1.54) is 0 Å². The van der Waals surface area contributed by atoms with Gasteiger partial charge in [-0.1, -0.05) is 35.9 Å². The van der Waals surface area contributed by atoms with Gasteiger partial charge in [0.15, 0.2) is 5.78 Å². The maximum atomic E-state index is 13.3. The molecule has 2 aliphatic rings. The topological polar surface area (TPSA) is 50.2 Å². The highest BCUT2D eigenvalue weighted by atomic mass is 35.5. The molecule has 3 unspecified atom stereocenters. The van der Waals surface area contributed by atoms with E-state index < -0.39 is 0 Å². The largest absolute Gasteiger partial charge is 0.321 e. The van der Waals surface area contributed by atoms with Crippen LogP contribution >= 0.6 is 11.6 Å². The van der Waals surface area contributed by atoms with Crippen molar-refractivity contribution in [2.24, 2.45) is 0 Å². The maximum Gasteiger partial charge on any atom is 0.179 e. The van der Waals surface area contributed by atoms with E-state index >= 15 is 0 Å². The molecule has 2 fully saturated rings. The van der Waals surface area contributed by atoms with E-state index in [9.17, 15) is 4.79 Å². The van der Waals surface area contributed by atoms with E-state index in [0.717, 1.165) is 66.9 Å². The quantitative estimate of drug-likeness (QED) is 0.593. The fourth-order valence-electron chi connectivity index (χ4n) is 5.38. The number of nitrogens with one attached hydrogen (secondary N) is 1. The number of hydrogen-bond donors (Lipinski definition) is 1. The van der Waals surface area contributed by atoms with E-state index in [4.69, 9.17) is 11.6 Å². The molecule has 1 N–H and O–H groups in total. The number of rotatable bonds is 5. The second-order valence-corrected chi connectivity index (χ2v) is 9.30. The Morgan fingerprint density at radius 2 is 2.00 bits per heavy atom. The van der Waals surface area contributed by atoms with Gasteiger partial charge in [0.2, 0.25) is 0 Å². The van der Waals surface area contributed by atoms with Gasteiger partial charge in [0.25, 0.3) is 0 Å². The van der Waals surface area contributed by atoms with E-state index in [-0.39, 0.29) is 17.9 Å². The molecule has 1 aromatic heterocycles. The number of aromatic nitrogens is 2.